The van der Waals surface area contributed by atoms with Crippen molar-refractivity contribution in [3.05, 3.63) is 88.1 Å². The Hall–Kier alpha value is -4.05. The van der Waals surface area contributed by atoms with Crippen molar-refractivity contribution in [2.45, 2.75) is 13.5 Å². The van der Waals surface area contributed by atoms with Crippen LogP contribution in [0.3, 0.4) is 0 Å². The summed E-state index contributed by atoms with van der Waals surface area (Å²) in [5.74, 6) is 0.830. The van der Waals surface area contributed by atoms with Gasteiger partial charge in [0.05, 0.1) is 12.1 Å². The first kappa shape index (κ1) is 17.4. The van der Waals surface area contributed by atoms with Gasteiger partial charge in [0.25, 0.3) is 11.4 Å². The molecule has 0 radical (unpaired) electrons. The zero-order valence-corrected chi connectivity index (χ0v) is 15.0. The lowest BCUT2D eigenvalue weighted by molar-refractivity contribution is 0.432. The van der Waals surface area contributed by atoms with Crippen LogP contribution in [0.4, 0.5) is 0 Å². The van der Waals surface area contributed by atoms with Crippen LogP contribution in [-0.2, 0) is 6.54 Å². The first-order valence-corrected chi connectivity index (χ1v) is 8.59. The molecular formula is C21H15N5O2. The predicted octanol–water partition coefficient (Wildman–Crippen LogP) is 3.19. The standard InChI is InChI=1S/C21H15N5O2/c1-14-3-2-4-16(9-14)20-24-21(28-25-20)17-6-8-19(27)26(13-17)12-15-5-7-18(10-22)23-11-15/h2-9,11,13H,12H2,1H3. The van der Waals surface area contributed by atoms with Crippen LogP contribution in [0.25, 0.3) is 22.8 Å². The number of hydrogen-bond donors (Lipinski definition) is 0. The summed E-state index contributed by atoms with van der Waals surface area (Å²) < 4.78 is 6.93. The quantitative estimate of drug-likeness (QED) is 0.548. The molecule has 0 aliphatic carbocycles. The Balaban J connectivity index is 1.63. The molecule has 0 atom stereocenters. The van der Waals surface area contributed by atoms with Crippen molar-refractivity contribution in [3.8, 4) is 28.9 Å². The smallest absolute Gasteiger partial charge is 0.259 e. The minimum absolute atomic E-state index is 0.161. The highest BCUT2D eigenvalue weighted by Gasteiger charge is 2.12. The second-order valence-electron chi connectivity index (χ2n) is 6.34. The molecule has 0 N–H and O–H groups in total. The monoisotopic (exact) mass is 369 g/mol. The second kappa shape index (κ2) is 7.29. The summed E-state index contributed by atoms with van der Waals surface area (Å²) >= 11 is 0. The van der Waals surface area contributed by atoms with Gasteiger partial charge >= 0.3 is 0 Å². The summed E-state index contributed by atoms with van der Waals surface area (Å²) in [6.45, 7) is 2.32. The van der Waals surface area contributed by atoms with Crippen LogP contribution in [0, 0.1) is 18.3 Å². The molecule has 136 valence electrons. The highest BCUT2D eigenvalue weighted by Crippen LogP contribution is 2.22. The van der Waals surface area contributed by atoms with E-state index in [1.807, 2.05) is 37.3 Å². The average Bonchev–Trinajstić information content (AvgIpc) is 3.20. The molecule has 3 aromatic heterocycles. The number of pyridine rings is 2. The van der Waals surface area contributed by atoms with Crippen molar-refractivity contribution in [2.75, 3.05) is 0 Å². The number of aromatic nitrogens is 4. The van der Waals surface area contributed by atoms with E-state index in [0.29, 0.717) is 29.5 Å². The zero-order chi connectivity index (χ0) is 19.5. The summed E-state index contributed by atoms with van der Waals surface area (Å²) in [6, 6.07) is 16.3. The Kier molecular flexibility index (Phi) is 4.52. The largest absolute Gasteiger partial charge is 0.334 e. The topological polar surface area (TPSA) is 97.6 Å². The third-order valence-electron chi connectivity index (χ3n) is 4.22. The molecule has 0 bridgehead atoms. The molecule has 7 nitrogen and oxygen atoms in total. The SMILES string of the molecule is Cc1cccc(-c2noc(-c3ccc(=O)n(Cc4ccc(C#N)nc4)c3)n2)c1. The van der Waals surface area contributed by atoms with Crippen LogP contribution in [0.15, 0.2) is 70.2 Å². The molecule has 0 unspecified atom stereocenters. The maximum Gasteiger partial charge on any atom is 0.259 e. The van der Waals surface area contributed by atoms with E-state index in [4.69, 9.17) is 9.78 Å². The Labute approximate surface area is 160 Å². The van der Waals surface area contributed by atoms with Crippen LogP contribution in [0.2, 0.25) is 0 Å². The van der Waals surface area contributed by atoms with Gasteiger partial charge in [0.1, 0.15) is 11.8 Å². The fraction of sp³-hybridized carbons (Fsp3) is 0.0952. The van der Waals surface area contributed by atoms with Crippen molar-refractivity contribution in [1.29, 1.82) is 5.26 Å². The molecule has 0 aliphatic rings. The number of rotatable bonds is 4. The Bertz CT molecular complexity index is 1230. The van der Waals surface area contributed by atoms with Crippen molar-refractivity contribution in [1.82, 2.24) is 19.7 Å². The van der Waals surface area contributed by atoms with Crippen molar-refractivity contribution < 1.29 is 4.52 Å². The van der Waals surface area contributed by atoms with Gasteiger partial charge in [-0.3, -0.25) is 4.79 Å². The summed E-state index contributed by atoms with van der Waals surface area (Å²) in [6.07, 6.45) is 3.26. The van der Waals surface area contributed by atoms with Gasteiger partial charge in [-0.15, -0.1) is 0 Å². The van der Waals surface area contributed by atoms with Gasteiger partial charge in [-0.2, -0.15) is 10.2 Å². The molecule has 0 aliphatic heterocycles. The van der Waals surface area contributed by atoms with E-state index >= 15 is 0 Å². The predicted molar refractivity (Wildman–Crippen MR) is 102 cm³/mol. The molecule has 4 rings (SSSR count). The summed E-state index contributed by atoms with van der Waals surface area (Å²) in [7, 11) is 0. The Morgan fingerprint density at radius 3 is 2.79 bits per heavy atom. The van der Waals surface area contributed by atoms with Crippen LogP contribution in [-0.4, -0.2) is 19.7 Å². The van der Waals surface area contributed by atoms with E-state index in [1.54, 1.807) is 30.6 Å². The van der Waals surface area contributed by atoms with Gasteiger partial charge in [-0.05, 0) is 30.7 Å². The van der Waals surface area contributed by atoms with Gasteiger partial charge in [-0.25, -0.2) is 4.98 Å². The van der Waals surface area contributed by atoms with Gasteiger partial charge in [0.15, 0.2) is 0 Å². The minimum Gasteiger partial charge on any atom is -0.334 e. The lowest BCUT2D eigenvalue weighted by Gasteiger charge is -2.06. The highest BCUT2D eigenvalue weighted by atomic mass is 16.5. The van der Waals surface area contributed by atoms with Gasteiger partial charge in [-0.1, -0.05) is 35.0 Å². The normalized spacial score (nSPS) is 10.6. The number of aryl methyl sites for hydroxylation is 1. The van der Waals surface area contributed by atoms with Crippen molar-refractivity contribution >= 4 is 0 Å². The molecule has 1 aromatic carbocycles. The van der Waals surface area contributed by atoms with Crippen LogP contribution in [0.5, 0.6) is 0 Å². The van der Waals surface area contributed by atoms with E-state index < -0.39 is 0 Å². The molecule has 3 heterocycles. The van der Waals surface area contributed by atoms with Crippen molar-refractivity contribution in [3.63, 3.8) is 0 Å². The first-order chi connectivity index (χ1) is 13.6. The second-order valence-corrected chi connectivity index (χ2v) is 6.34. The van der Waals surface area contributed by atoms with Gasteiger partial charge in [0, 0.05) is 24.0 Å². The van der Waals surface area contributed by atoms with Gasteiger partial charge < -0.3 is 9.09 Å². The van der Waals surface area contributed by atoms with Crippen molar-refractivity contribution in [2.24, 2.45) is 0 Å². The number of benzene rings is 1. The lowest BCUT2D eigenvalue weighted by atomic mass is 10.1. The van der Waals surface area contributed by atoms with Gasteiger partial charge in [0.2, 0.25) is 5.82 Å². The Morgan fingerprint density at radius 2 is 2.04 bits per heavy atom. The first-order valence-electron chi connectivity index (χ1n) is 8.59. The third-order valence-corrected chi connectivity index (χ3v) is 4.22. The number of hydrogen-bond acceptors (Lipinski definition) is 6. The van der Waals surface area contributed by atoms with Crippen LogP contribution < -0.4 is 5.56 Å². The fourth-order valence-electron chi connectivity index (χ4n) is 2.80. The minimum atomic E-state index is -0.161. The molecule has 0 amide bonds. The van der Waals surface area contributed by atoms with Crippen LogP contribution in [0.1, 0.15) is 16.8 Å². The highest BCUT2D eigenvalue weighted by molar-refractivity contribution is 5.59. The summed E-state index contributed by atoms with van der Waals surface area (Å²) in [5, 5.41) is 12.9. The molecular weight excluding hydrogens is 354 g/mol. The molecule has 0 fully saturated rings. The van der Waals surface area contributed by atoms with E-state index in [2.05, 4.69) is 15.1 Å². The molecule has 28 heavy (non-hydrogen) atoms. The summed E-state index contributed by atoms with van der Waals surface area (Å²) in [5.41, 5.74) is 3.60. The summed E-state index contributed by atoms with van der Waals surface area (Å²) in [4.78, 5) is 20.7. The Morgan fingerprint density at radius 1 is 1.14 bits per heavy atom. The maximum atomic E-state index is 12.2. The maximum absolute atomic E-state index is 12.2. The average molecular weight is 369 g/mol. The number of nitriles is 1. The van der Waals surface area contributed by atoms with E-state index in [-0.39, 0.29) is 5.56 Å². The number of nitrogens with zero attached hydrogens (tertiary/aromatic N) is 5. The van der Waals surface area contributed by atoms with E-state index in [1.165, 1.54) is 10.6 Å². The third kappa shape index (κ3) is 3.57. The van der Waals surface area contributed by atoms with E-state index in [9.17, 15) is 4.79 Å². The molecule has 0 saturated carbocycles. The lowest BCUT2D eigenvalue weighted by Crippen LogP contribution is -2.19. The molecule has 0 saturated heterocycles. The molecule has 7 heteroatoms. The van der Waals surface area contributed by atoms with E-state index in [0.717, 1.165) is 16.7 Å². The van der Waals surface area contributed by atoms with Crippen LogP contribution >= 0.6 is 0 Å². The fourth-order valence-corrected chi connectivity index (χ4v) is 2.80. The molecule has 0 spiro atoms. The molecule has 4 aromatic rings. The zero-order valence-electron chi connectivity index (χ0n) is 15.0.